The highest BCUT2D eigenvalue weighted by atomic mass is 35.5. The fourth-order valence-corrected chi connectivity index (χ4v) is 3.38. The summed E-state index contributed by atoms with van der Waals surface area (Å²) in [6.07, 6.45) is 0.758. The van der Waals surface area contributed by atoms with Crippen molar-refractivity contribution >= 4 is 29.1 Å². The van der Waals surface area contributed by atoms with Crippen molar-refractivity contribution in [1.82, 2.24) is 4.90 Å². The fraction of sp³-hybridized carbons (Fsp3) is 0.562. The molecule has 0 radical (unpaired) electrons. The van der Waals surface area contributed by atoms with Crippen molar-refractivity contribution in [3.05, 3.63) is 28.2 Å². The van der Waals surface area contributed by atoms with Crippen LogP contribution in [0, 0.1) is 0 Å². The Kier molecular flexibility index (Phi) is 5.01. The number of carbonyl (C=O) groups excluding carboxylic acids is 1. The summed E-state index contributed by atoms with van der Waals surface area (Å²) in [5.74, 6) is -0.0999. The number of halogens is 2. The Bertz CT molecular complexity index is 579. The molecule has 2 aliphatic heterocycles. The Morgan fingerprint density at radius 2 is 1.91 bits per heavy atom. The molecule has 0 N–H and O–H groups in total. The van der Waals surface area contributed by atoms with Gasteiger partial charge in [0.05, 0.1) is 18.2 Å². The van der Waals surface area contributed by atoms with Crippen LogP contribution in [-0.4, -0.2) is 49.0 Å². The number of hydrogen-bond donors (Lipinski definition) is 0. The maximum atomic E-state index is 12.5. The maximum Gasteiger partial charge on any atom is 0.263 e. The van der Waals surface area contributed by atoms with Crippen molar-refractivity contribution in [3.63, 3.8) is 0 Å². The predicted octanol–water partition coefficient (Wildman–Crippen LogP) is 3.13. The molecule has 5 nitrogen and oxygen atoms in total. The van der Waals surface area contributed by atoms with Crippen LogP contribution in [0.2, 0.25) is 10.0 Å². The van der Waals surface area contributed by atoms with Gasteiger partial charge in [0.25, 0.3) is 5.91 Å². The first-order valence-corrected chi connectivity index (χ1v) is 8.43. The summed E-state index contributed by atoms with van der Waals surface area (Å²) in [5.41, 5.74) is 0. The minimum atomic E-state index is -0.617. The van der Waals surface area contributed by atoms with Gasteiger partial charge in [-0.1, -0.05) is 23.2 Å². The van der Waals surface area contributed by atoms with Crippen LogP contribution >= 0.6 is 23.2 Å². The van der Waals surface area contributed by atoms with Crippen molar-refractivity contribution in [2.45, 2.75) is 31.7 Å². The number of ether oxygens (including phenoxy) is 3. The van der Waals surface area contributed by atoms with Gasteiger partial charge in [0.15, 0.2) is 11.9 Å². The zero-order valence-electron chi connectivity index (χ0n) is 12.9. The van der Waals surface area contributed by atoms with Gasteiger partial charge in [0.2, 0.25) is 0 Å². The number of piperidine rings is 1. The molecule has 1 amide bonds. The van der Waals surface area contributed by atoms with E-state index in [2.05, 4.69) is 0 Å². The van der Waals surface area contributed by atoms with Gasteiger partial charge in [-0.3, -0.25) is 4.79 Å². The smallest absolute Gasteiger partial charge is 0.263 e. The summed E-state index contributed by atoms with van der Waals surface area (Å²) in [4.78, 5) is 14.3. The van der Waals surface area contributed by atoms with Gasteiger partial charge in [-0.2, -0.15) is 0 Å². The Hall–Kier alpha value is -1.01. The average molecular weight is 360 g/mol. The highest BCUT2D eigenvalue weighted by molar-refractivity contribution is 6.35. The molecule has 0 aromatic heterocycles. The van der Waals surface area contributed by atoms with Crippen molar-refractivity contribution in [2.75, 3.05) is 26.3 Å². The summed E-state index contributed by atoms with van der Waals surface area (Å²) in [6, 6.07) is 4.94. The molecule has 1 aromatic carbocycles. The number of hydrogen-bond acceptors (Lipinski definition) is 4. The second-order valence-corrected chi connectivity index (χ2v) is 6.61. The highest BCUT2D eigenvalue weighted by Gasteiger charge is 2.41. The van der Waals surface area contributed by atoms with Gasteiger partial charge in [0.1, 0.15) is 5.75 Å². The van der Waals surface area contributed by atoms with E-state index in [1.807, 2.05) is 0 Å². The molecular weight excluding hydrogens is 341 g/mol. The Morgan fingerprint density at radius 3 is 2.52 bits per heavy atom. The first-order chi connectivity index (χ1) is 11.0. The van der Waals surface area contributed by atoms with Crippen LogP contribution in [0.1, 0.15) is 19.8 Å². The van der Waals surface area contributed by atoms with E-state index in [-0.39, 0.29) is 5.91 Å². The van der Waals surface area contributed by atoms with E-state index in [9.17, 15) is 4.79 Å². The largest absolute Gasteiger partial charge is 0.479 e. The molecular formula is C16H19Cl2NO4. The van der Waals surface area contributed by atoms with Gasteiger partial charge in [-0.05, 0) is 25.1 Å². The molecule has 126 valence electrons. The maximum absolute atomic E-state index is 12.5. The summed E-state index contributed by atoms with van der Waals surface area (Å²) < 4.78 is 17.0. The van der Waals surface area contributed by atoms with E-state index in [0.717, 1.165) is 0 Å². The molecule has 1 unspecified atom stereocenters. The van der Waals surface area contributed by atoms with E-state index in [0.29, 0.717) is 54.9 Å². The van der Waals surface area contributed by atoms with Crippen LogP contribution in [0.5, 0.6) is 5.75 Å². The minimum Gasteiger partial charge on any atom is -0.479 e. The summed E-state index contributed by atoms with van der Waals surface area (Å²) in [7, 11) is 0. The molecule has 7 heteroatoms. The van der Waals surface area contributed by atoms with Crippen molar-refractivity contribution in [2.24, 2.45) is 0 Å². The Labute approximate surface area is 145 Å². The molecule has 1 atom stereocenters. The third-order valence-corrected chi connectivity index (χ3v) is 4.73. The van der Waals surface area contributed by atoms with E-state index < -0.39 is 11.9 Å². The highest BCUT2D eigenvalue weighted by Crippen LogP contribution is 2.32. The van der Waals surface area contributed by atoms with Gasteiger partial charge < -0.3 is 19.1 Å². The lowest BCUT2D eigenvalue weighted by atomic mass is 10.0. The van der Waals surface area contributed by atoms with Crippen LogP contribution in [0.25, 0.3) is 0 Å². The van der Waals surface area contributed by atoms with Gasteiger partial charge in [-0.25, -0.2) is 0 Å². The number of likely N-dealkylation sites (tertiary alicyclic amines) is 1. The molecule has 3 rings (SSSR count). The SMILES string of the molecule is CC(Oc1ccc(Cl)cc1Cl)C(=O)N1CCC2(CC1)OCCO2. The van der Waals surface area contributed by atoms with Gasteiger partial charge in [-0.15, -0.1) is 0 Å². The number of rotatable bonds is 3. The van der Waals surface area contributed by atoms with Gasteiger partial charge >= 0.3 is 0 Å². The van der Waals surface area contributed by atoms with Crippen LogP contribution in [-0.2, 0) is 14.3 Å². The van der Waals surface area contributed by atoms with Crippen LogP contribution in [0.15, 0.2) is 18.2 Å². The summed E-state index contributed by atoms with van der Waals surface area (Å²) in [5, 5.41) is 0.918. The molecule has 2 saturated heterocycles. The van der Waals surface area contributed by atoms with E-state index in [4.69, 9.17) is 37.4 Å². The molecule has 1 aromatic rings. The molecule has 2 fully saturated rings. The standard InChI is InChI=1S/C16H19Cl2NO4/c1-11(23-14-3-2-12(17)10-13(14)18)15(20)19-6-4-16(5-7-19)21-8-9-22-16/h2-3,10-11H,4-9H2,1H3. The monoisotopic (exact) mass is 359 g/mol. The average Bonchev–Trinajstić information content (AvgIpc) is 2.98. The third-order valence-electron chi connectivity index (χ3n) is 4.20. The Balaban J connectivity index is 1.57. The van der Waals surface area contributed by atoms with Crippen LogP contribution in [0.4, 0.5) is 0 Å². The molecule has 2 heterocycles. The zero-order chi connectivity index (χ0) is 16.4. The second kappa shape index (κ2) is 6.85. The Morgan fingerprint density at radius 1 is 1.26 bits per heavy atom. The minimum absolute atomic E-state index is 0.0659. The molecule has 2 aliphatic rings. The number of nitrogens with zero attached hydrogens (tertiary/aromatic N) is 1. The predicted molar refractivity (Wildman–Crippen MR) is 87.0 cm³/mol. The molecule has 23 heavy (non-hydrogen) atoms. The molecule has 0 bridgehead atoms. The van der Waals surface area contributed by atoms with E-state index in [1.54, 1.807) is 30.0 Å². The first-order valence-electron chi connectivity index (χ1n) is 7.67. The normalized spacial score (nSPS) is 21.4. The van der Waals surface area contributed by atoms with E-state index >= 15 is 0 Å². The number of carbonyl (C=O) groups is 1. The molecule has 0 saturated carbocycles. The lowest BCUT2D eigenvalue weighted by molar-refractivity contribution is -0.188. The molecule has 1 spiro atoms. The van der Waals surface area contributed by atoms with Crippen molar-refractivity contribution in [1.29, 1.82) is 0 Å². The topological polar surface area (TPSA) is 48.0 Å². The molecule has 0 aliphatic carbocycles. The van der Waals surface area contributed by atoms with Crippen molar-refractivity contribution < 1.29 is 19.0 Å². The summed E-state index contributed by atoms with van der Waals surface area (Å²) >= 11 is 11.9. The third kappa shape index (κ3) is 3.74. The second-order valence-electron chi connectivity index (χ2n) is 5.77. The zero-order valence-corrected chi connectivity index (χ0v) is 14.4. The fourth-order valence-electron chi connectivity index (χ4n) is 2.92. The number of benzene rings is 1. The summed E-state index contributed by atoms with van der Waals surface area (Å²) in [6.45, 7) is 4.17. The first kappa shape index (κ1) is 16.8. The van der Waals surface area contributed by atoms with E-state index in [1.165, 1.54) is 0 Å². The van der Waals surface area contributed by atoms with Crippen LogP contribution < -0.4 is 4.74 Å². The lowest BCUT2D eigenvalue weighted by Gasteiger charge is -2.38. The lowest BCUT2D eigenvalue weighted by Crippen LogP contribution is -2.50. The quantitative estimate of drug-likeness (QED) is 0.831. The van der Waals surface area contributed by atoms with Crippen molar-refractivity contribution in [3.8, 4) is 5.75 Å². The van der Waals surface area contributed by atoms with Crippen LogP contribution in [0.3, 0.4) is 0 Å². The number of amides is 1. The van der Waals surface area contributed by atoms with Gasteiger partial charge in [0, 0.05) is 31.0 Å².